The molecule has 4 heterocycles. The minimum atomic E-state index is -3.74. The molecular formula is C21H32N5O7PS2. The van der Waals surface area contributed by atoms with Gasteiger partial charge >= 0.3 is 7.82 Å². The number of rotatable bonds is 11. The number of carbonyl (C=O) groups excluding carboxylic acids is 1. The summed E-state index contributed by atoms with van der Waals surface area (Å²) in [6.45, 7) is 7.00. The average Bonchev–Trinajstić information content (AvgIpc) is 3.42. The molecule has 0 amide bonds. The lowest BCUT2D eigenvalue weighted by molar-refractivity contribution is -0.121. The van der Waals surface area contributed by atoms with Gasteiger partial charge in [0.05, 0.1) is 31.6 Å². The average molecular weight is 562 g/mol. The highest BCUT2D eigenvalue weighted by atomic mass is 32.2. The third-order valence-electron chi connectivity index (χ3n) is 5.75. The second-order valence-corrected chi connectivity index (χ2v) is 12.4. The summed E-state index contributed by atoms with van der Waals surface area (Å²) < 4.78 is 43.3. The molecule has 2 saturated heterocycles. The molecule has 2 aromatic heterocycles. The summed E-state index contributed by atoms with van der Waals surface area (Å²) >= 11 is 6.44. The minimum absolute atomic E-state index is 0.0531. The van der Waals surface area contributed by atoms with E-state index < -0.39 is 31.7 Å². The quantitative estimate of drug-likeness (QED) is 0.232. The van der Waals surface area contributed by atoms with Gasteiger partial charge in [-0.1, -0.05) is 30.9 Å². The smallest absolute Gasteiger partial charge is 0.380 e. The number of ether oxygens (including phenoxy) is 2. The topological polar surface area (TPSA) is 153 Å². The third-order valence-corrected chi connectivity index (χ3v) is 8.84. The fourth-order valence-corrected chi connectivity index (χ4v) is 6.44. The van der Waals surface area contributed by atoms with Crippen LogP contribution in [0.3, 0.4) is 0 Å². The van der Waals surface area contributed by atoms with Gasteiger partial charge in [-0.25, -0.2) is 14.5 Å². The zero-order valence-corrected chi connectivity index (χ0v) is 23.0. The van der Waals surface area contributed by atoms with E-state index in [9.17, 15) is 9.36 Å². The first-order valence-corrected chi connectivity index (χ1v) is 14.7. The van der Waals surface area contributed by atoms with E-state index in [0.717, 1.165) is 6.42 Å². The molecule has 4 rings (SSSR count). The number of aromatic nitrogens is 4. The second kappa shape index (κ2) is 11.6. The van der Waals surface area contributed by atoms with Crippen LogP contribution in [0.2, 0.25) is 0 Å². The van der Waals surface area contributed by atoms with Crippen molar-refractivity contribution in [3.05, 3.63) is 11.0 Å². The molecule has 4 atom stereocenters. The predicted octanol–water partition coefficient (Wildman–Crippen LogP) is 4.00. The maximum Gasteiger partial charge on any atom is 0.475 e. The molecule has 200 valence electrons. The van der Waals surface area contributed by atoms with E-state index >= 15 is 0 Å². The summed E-state index contributed by atoms with van der Waals surface area (Å²) in [6, 6.07) is 0. The van der Waals surface area contributed by atoms with E-state index in [0.29, 0.717) is 47.6 Å². The molecule has 0 spiro atoms. The van der Waals surface area contributed by atoms with Gasteiger partial charge in [-0.3, -0.25) is 22.9 Å². The number of nitrogens with one attached hydrogen (secondary N) is 1. The number of nitrogens with zero attached hydrogens (tertiary/aromatic N) is 3. The maximum atomic E-state index is 13.0. The number of hydrogen-bond acceptors (Lipinski definition) is 12. The highest BCUT2D eigenvalue weighted by molar-refractivity contribution is 8.13. The predicted molar refractivity (Wildman–Crippen MR) is 137 cm³/mol. The number of phosphoric acid groups is 1. The molecule has 12 nitrogen and oxygen atoms in total. The molecule has 3 N–H and O–H groups in total. The fourth-order valence-electron chi connectivity index (χ4n) is 3.86. The summed E-state index contributed by atoms with van der Waals surface area (Å²) in [5, 5.41) is 0.0531. The number of H-pyrrole nitrogens is 1. The number of carbonyl (C=O) groups is 1. The van der Waals surface area contributed by atoms with Crippen LogP contribution in [0.5, 0.6) is 0 Å². The molecule has 0 bridgehead atoms. The number of imidazole rings is 1. The van der Waals surface area contributed by atoms with Gasteiger partial charge in [-0.05, 0) is 26.7 Å². The van der Waals surface area contributed by atoms with E-state index in [1.165, 1.54) is 11.8 Å². The van der Waals surface area contributed by atoms with Crippen LogP contribution in [0.4, 0.5) is 5.95 Å². The Morgan fingerprint density at radius 2 is 2.22 bits per heavy atom. The Balaban J connectivity index is 1.25. The van der Waals surface area contributed by atoms with Crippen molar-refractivity contribution >= 4 is 54.0 Å². The monoisotopic (exact) mass is 561 g/mol. The fraction of sp³-hybridized carbons (Fsp3) is 0.714. The first-order chi connectivity index (χ1) is 17.1. The van der Waals surface area contributed by atoms with Gasteiger partial charge in [0, 0.05) is 18.8 Å². The largest absolute Gasteiger partial charge is 0.475 e. The molecule has 2 aliphatic heterocycles. The number of fused-ring (bicyclic) bond motifs is 2. The molecule has 0 radical (unpaired) electrons. The van der Waals surface area contributed by atoms with Crippen LogP contribution in [-0.4, -0.2) is 69.0 Å². The number of nitrogen functional groups attached to an aromatic ring is 1. The first-order valence-electron chi connectivity index (χ1n) is 11.8. The number of thioether (sulfide) groups is 1. The first kappa shape index (κ1) is 27.6. The van der Waals surface area contributed by atoms with Gasteiger partial charge in [0.2, 0.25) is 0 Å². The summed E-state index contributed by atoms with van der Waals surface area (Å²) in [5.74, 6) is 0.704. The lowest BCUT2D eigenvalue weighted by atomic mass is 9.97. The Morgan fingerprint density at radius 1 is 1.42 bits per heavy atom. The number of nitrogens with two attached hydrogens (primary N) is 1. The molecular weight excluding hydrogens is 529 g/mol. The molecule has 0 saturated carbocycles. The van der Waals surface area contributed by atoms with Gasteiger partial charge in [-0.2, -0.15) is 0 Å². The van der Waals surface area contributed by atoms with Crippen LogP contribution < -0.4 is 5.73 Å². The van der Waals surface area contributed by atoms with Gasteiger partial charge in [0.1, 0.15) is 29.6 Å². The van der Waals surface area contributed by atoms with Crippen LogP contribution in [-0.2, 0) is 32.4 Å². The van der Waals surface area contributed by atoms with Gasteiger partial charge in [0.15, 0.2) is 15.7 Å². The Morgan fingerprint density at radius 3 is 3.00 bits per heavy atom. The van der Waals surface area contributed by atoms with Crippen LogP contribution in [0.25, 0.3) is 11.2 Å². The van der Waals surface area contributed by atoms with Crippen LogP contribution in [0.1, 0.15) is 46.3 Å². The molecule has 36 heavy (non-hydrogen) atoms. The molecule has 15 heteroatoms. The van der Waals surface area contributed by atoms with Crippen molar-refractivity contribution in [2.75, 3.05) is 37.9 Å². The maximum absolute atomic E-state index is 13.0. The number of hydrogen-bond donors (Lipinski definition) is 2. The minimum Gasteiger partial charge on any atom is -0.380 e. The standard InChI is InChI=1S/C21H32N5O7PS2/c1-4-6-29-11-21(2,3)19(27)36-8-5-7-30-34(28)31-10-14-13(33-34)9-15(32-14)26-12-23-16-17(26)24-20(22)25-18(16)35/h12-15H,4-11H2,1-3H3,(H3,22,24,25,35)/t13-,14+,15+,34-/m0/s1. The van der Waals surface area contributed by atoms with E-state index in [-0.39, 0.29) is 24.3 Å². The Kier molecular flexibility index (Phi) is 8.88. The number of phosphoric ester groups is 1. The molecule has 0 aromatic carbocycles. The van der Waals surface area contributed by atoms with E-state index in [1.807, 2.05) is 20.8 Å². The SMILES string of the molecule is CCCOCC(C)(C)C(=O)SCCCO[P@@]1(=O)OC[C@H]2O[C@@H](n3cnc4c(=S)nc(N)[nH]c43)C[C@@H]2O1. The van der Waals surface area contributed by atoms with Crippen molar-refractivity contribution in [1.29, 1.82) is 0 Å². The Hall–Kier alpha value is -1.38. The van der Waals surface area contributed by atoms with Crippen molar-refractivity contribution in [1.82, 2.24) is 19.5 Å². The van der Waals surface area contributed by atoms with Crippen molar-refractivity contribution in [3.8, 4) is 0 Å². The molecule has 2 aromatic rings. The normalized spacial score (nSPS) is 26.4. The summed E-state index contributed by atoms with van der Waals surface area (Å²) in [4.78, 5) is 23.7. The third kappa shape index (κ3) is 6.36. The van der Waals surface area contributed by atoms with E-state index in [1.54, 1.807) is 10.9 Å². The Labute approximate surface area is 218 Å². The zero-order valence-electron chi connectivity index (χ0n) is 20.5. The number of aromatic amines is 1. The molecule has 2 aliphatic rings. The van der Waals surface area contributed by atoms with Crippen LogP contribution in [0, 0.1) is 10.1 Å². The van der Waals surface area contributed by atoms with Gasteiger partial charge < -0.3 is 20.2 Å². The van der Waals surface area contributed by atoms with Gasteiger partial charge in [-0.15, -0.1) is 0 Å². The van der Waals surface area contributed by atoms with E-state index in [4.69, 9.17) is 41.0 Å². The highest BCUT2D eigenvalue weighted by Gasteiger charge is 2.48. The van der Waals surface area contributed by atoms with Crippen LogP contribution >= 0.6 is 31.8 Å². The molecule has 2 fully saturated rings. The lowest BCUT2D eigenvalue weighted by Crippen LogP contribution is -2.33. The molecule has 0 aliphatic carbocycles. The molecule has 0 unspecified atom stereocenters. The summed E-state index contributed by atoms with van der Waals surface area (Å²) in [7, 11) is -3.74. The zero-order chi connectivity index (χ0) is 25.9. The van der Waals surface area contributed by atoms with Crippen molar-refractivity contribution in [2.45, 2.75) is 58.5 Å². The second-order valence-electron chi connectivity index (χ2n) is 9.29. The van der Waals surface area contributed by atoms with E-state index in [2.05, 4.69) is 15.0 Å². The van der Waals surface area contributed by atoms with Crippen LogP contribution in [0.15, 0.2) is 6.33 Å². The Bertz CT molecular complexity index is 1190. The highest BCUT2D eigenvalue weighted by Crippen LogP contribution is 2.56. The van der Waals surface area contributed by atoms with Crippen molar-refractivity contribution in [3.63, 3.8) is 0 Å². The lowest BCUT2D eigenvalue weighted by Gasteiger charge is -2.29. The van der Waals surface area contributed by atoms with Crippen molar-refractivity contribution < 1.29 is 32.4 Å². The summed E-state index contributed by atoms with van der Waals surface area (Å²) in [6.07, 6.45) is 2.10. The number of anilines is 1. The van der Waals surface area contributed by atoms with Gasteiger partial charge in [0.25, 0.3) is 0 Å². The van der Waals surface area contributed by atoms with Crippen molar-refractivity contribution in [2.24, 2.45) is 5.41 Å². The summed E-state index contributed by atoms with van der Waals surface area (Å²) in [5.41, 5.74) is 6.33.